The fourth-order valence-corrected chi connectivity index (χ4v) is 8.03. The zero-order chi connectivity index (χ0) is 37.0. The molecule has 0 fully saturated rings. The molecule has 0 aliphatic rings. The van der Waals surface area contributed by atoms with E-state index < -0.39 is 0 Å². The van der Waals surface area contributed by atoms with Crippen molar-refractivity contribution in [1.29, 1.82) is 0 Å². The summed E-state index contributed by atoms with van der Waals surface area (Å²) >= 11 is 0. The Morgan fingerprint density at radius 3 is 1.79 bits per heavy atom. The van der Waals surface area contributed by atoms with Crippen LogP contribution in [0.5, 0.6) is 0 Å². The molecule has 0 aliphatic heterocycles. The molecule has 0 aliphatic carbocycles. The average Bonchev–Trinajstić information content (AvgIpc) is 3.86. The molecular weight excluding hydrogens is 687 g/mol. The summed E-state index contributed by atoms with van der Waals surface area (Å²) in [6, 6.07) is 60.5. The molecule has 0 N–H and O–H groups in total. The number of fused-ring (bicyclic) bond motifs is 6. The van der Waals surface area contributed by atoms with Gasteiger partial charge in [0.05, 0.1) is 11.4 Å². The largest absolute Gasteiger partial charge is 0.456 e. The van der Waals surface area contributed by atoms with Gasteiger partial charge in [-0.25, -0.2) is 9.97 Å². The van der Waals surface area contributed by atoms with E-state index in [9.17, 15) is 0 Å². The van der Waals surface area contributed by atoms with Crippen LogP contribution in [-0.2, 0) is 0 Å². The van der Waals surface area contributed by atoms with Crippen LogP contribution in [0.4, 0.5) is 0 Å². The highest BCUT2D eigenvalue weighted by Crippen LogP contribution is 2.45. The molecule has 7 aromatic carbocycles. The third kappa shape index (κ3) is 5.29. The van der Waals surface area contributed by atoms with Crippen LogP contribution >= 0.6 is 0 Å². The van der Waals surface area contributed by atoms with Gasteiger partial charge in [-0.1, -0.05) is 140 Å². The van der Waals surface area contributed by atoms with E-state index in [1.54, 1.807) is 6.20 Å². The van der Waals surface area contributed by atoms with Crippen LogP contribution in [0.1, 0.15) is 0 Å². The lowest BCUT2D eigenvalue weighted by atomic mass is 9.92. The van der Waals surface area contributed by atoms with Crippen molar-refractivity contribution in [2.24, 2.45) is 0 Å². The van der Waals surface area contributed by atoms with E-state index in [1.165, 1.54) is 0 Å². The Morgan fingerprint density at radius 2 is 0.982 bits per heavy atom. The minimum atomic E-state index is 0.672. The molecule has 11 aromatic rings. The van der Waals surface area contributed by atoms with Gasteiger partial charge in [-0.05, 0) is 58.7 Å². The van der Waals surface area contributed by atoms with Crippen molar-refractivity contribution in [1.82, 2.24) is 15.0 Å². The first-order valence-electron chi connectivity index (χ1n) is 18.7. The maximum atomic E-state index is 6.73. The number of nitrogens with zero attached hydrogens (tertiary/aromatic N) is 3. The maximum Gasteiger partial charge on any atom is 0.160 e. The number of hydrogen-bond acceptors (Lipinski definition) is 5. The smallest absolute Gasteiger partial charge is 0.160 e. The van der Waals surface area contributed by atoms with E-state index in [0.717, 1.165) is 105 Å². The zero-order valence-corrected chi connectivity index (χ0v) is 30.1. The van der Waals surface area contributed by atoms with Crippen molar-refractivity contribution < 1.29 is 8.83 Å². The molecule has 5 heteroatoms. The predicted molar refractivity (Wildman–Crippen MR) is 227 cm³/mol. The summed E-state index contributed by atoms with van der Waals surface area (Å²) in [5.41, 5.74) is 14.5. The van der Waals surface area contributed by atoms with Gasteiger partial charge in [0.15, 0.2) is 5.82 Å². The highest BCUT2D eigenvalue weighted by atomic mass is 16.3. The molecule has 0 atom stereocenters. The standard InChI is InChI=1S/C51H31N3O2/c1-2-12-34(13-3-1)51-53-43(30-44(54-51)38-16-5-4-15-36(38)35-14-11-29-52-31-35)33-25-23-32(24-26-33)37-27-28-40(50-49(37)42-18-7-9-21-46(42)56-50)39-19-10-22-47-48(39)41-17-6-8-20-45(41)55-47/h1-31H. The van der Waals surface area contributed by atoms with Crippen molar-refractivity contribution in [2.75, 3.05) is 0 Å². The van der Waals surface area contributed by atoms with Crippen molar-refractivity contribution in [3.63, 3.8) is 0 Å². The average molecular weight is 718 g/mol. The van der Waals surface area contributed by atoms with Gasteiger partial charge in [-0.15, -0.1) is 0 Å². The van der Waals surface area contributed by atoms with Crippen LogP contribution < -0.4 is 0 Å². The first-order chi connectivity index (χ1) is 27.8. The summed E-state index contributed by atoms with van der Waals surface area (Å²) < 4.78 is 13.0. The second-order valence-electron chi connectivity index (χ2n) is 13.9. The van der Waals surface area contributed by atoms with E-state index in [4.69, 9.17) is 18.8 Å². The molecule has 0 radical (unpaired) electrons. The number of furan rings is 2. The minimum Gasteiger partial charge on any atom is -0.456 e. The summed E-state index contributed by atoms with van der Waals surface area (Å²) in [4.78, 5) is 14.6. The van der Waals surface area contributed by atoms with Gasteiger partial charge in [0.1, 0.15) is 22.3 Å². The van der Waals surface area contributed by atoms with Crippen LogP contribution in [0.3, 0.4) is 0 Å². The third-order valence-corrected chi connectivity index (χ3v) is 10.6. The van der Waals surface area contributed by atoms with Gasteiger partial charge in [0.25, 0.3) is 0 Å². The van der Waals surface area contributed by atoms with Gasteiger partial charge in [0.2, 0.25) is 0 Å². The quantitative estimate of drug-likeness (QED) is 0.171. The Balaban J connectivity index is 1.06. The molecule has 262 valence electrons. The first kappa shape index (κ1) is 31.9. The van der Waals surface area contributed by atoms with Crippen LogP contribution in [0, 0.1) is 0 Å². The molecule has 0 spiro atoms. The summed E-state index contributed by atoms with van der Waals surface area (Å²) in [7, 11) is 0. The Bertz CT molecular complexity index is 3240. The summed E-state index contributed by atoms with van der Waals surface area (Å²) in [5.74, 6) is 0.672. The molecule has 4 heterocycles. The summed E-state index contributed by atoms with van der Waals surface area (Å²) in [6.45, 7) is 0. The second kappa shape index (κ2) is 13.0. The maximum absolute atomic E-state index is 6.73. The molecule has 5 nitrogen and oxygen atoms in total. The van der Waals surface area contributed by atoms with Crippen molar-refractivity contribution in [3.05, 3.63) is 188 Å². The van der Waals surface area contributed by atoms with E-state index in [1.807, 2.05) is 60.8 Å². The molecule has 11 rings (SSSR count). The molecule has 0 unspecified atom stereocenters. The van der Waals surface area contributed by atoms with Gasteiger partial charge in [-0.3, -0.25) is 4.98 Å². The lowest BCUT2D eigenvalue weighted by Gasteiger charge is -2.13. The van der Waals surface area contributed by atoms with Gasteiger partial charge in [-0.2, -0.15) is 0 Å². The Kier molecular flexibility index (Phi) is 7.42. The van der Waals surface area contributed by atoms with Crippen LogP contribution in [0.25, 0.3) is 111 Å². The normalized spacial score (nSPS) is 11.6. The van der Waals surface area contributed by atoms with E-state index in [0.29, 0.717) is 5.82 Å². The summed E-state index contributed by atoms with van der Waals surface area (Å²) in [6.07, 6.45) is 3.69. The number of aromatic nitrogens is 3. The fraction of sp³-hybridized carbons (Fsp3) is 0. The van der Waals surface area contributed by atoms with Crippen molar-refractivity contribution >= 4 is 43.9 Å². The first-order valence-corrected chi connectivity index (χ1v) is 18.7. The van der Waals surface area contributed by atoms with E-state index in [-0.39, 0.29) is 0 Å². The Labute approximate surface area is 322 Å². The highest BCUT2D eigenvalue weighted by Gasteiger charge is 2.21. The number of benzene rings is 7. The Morgan fingerprint density at radius 1 is 0.357 bits per heavy atom. The molecular formula is C51H31N3O2. The molecule has 0 bridgehead atoms. The SMILES string of the molecule is c1ccc(-c2nc(-c3ccc(-c4ccc(-c5cccc6oc7ccccc7c56)c5oc6ccccc6c45)cc3)cc(-c3ccccc3-c3cccnc3)n2)cc1. The van der Waals surface area contributed by atoms with Crippen molar-refractivity contribution in [2.45, 2.75) is 0 Å². The van der Waals surface area contributed by atoms with Crippen LogP contribution in [0.15, 0.2) is 197 Å². The predicted octanol–water partition coefficient (Wildman–Crippen LogP) is 13.7. The van der Waals surface area contributed by atoms with Crippen molar-refractivity contribution in [3.8, 4) is 67.3 Å². The van der Waals surface area contributed by atoms with E-state index >= 15 is 0 Å². The second-order valence-corrected chi connectivity index (χ2v) is 13.9. The topological polar surface area (TPSA) is 65.0 Å². The summed E-state index contributed by atoms with van der Waals surface area (Å²) in [5, 5.41) is 4.33. The van der Waals surface area contributed by atoms with Gasteiger partial charge in [0, 0.05) is 61.8 Å². The minimum absolute atomic E-state index is 0.672. The fourth-order valence-electron chi connectivity index (χ4n) is 8.03. The highest BCUT2D eigenvalue weighted by molar-refractivity contribution is 6.20. The number of para-hydroxylation sites is 2. The Hall–Kier alpha value is -7.63. The third-order valence-electron chi connectivity index (χ3n) is 10.6. The monoisotopic (exact) mass is 717 g/mol. The lowest BCUT2D eigenvalue weighted by molar-refractivity contribution is 0.668. The number of pyridine rings is 1. The molecule has 0 saturated carbocycles. The lowest BCUT2D eigenvalue weighted by Crippen LogP contribution is -1.97. The molecule has 4 aromatic heterocycles. The zero-order valence-electron chi connectivity index (χ0n) is 30.1. The molecule has 0 saturated heterocycles. The van der Waals surface area contributed by atoms with Gasteiger partial charge >= 0.3 is 0 Å². The number of rotatable bonds is 6. The number of hydrogen-bond donors (Lipinski definition) is 0. The van der Waals surface area contributed by atoms with Crippen LogP contribution in [0.2, 0.25) is 0 Å². The molecule has 56 heavy (non-hydrogen) atoms. The van der Waals surface area contributed by atoms with Crippen LogP contribution in [-0.4, -0.2) is 15.0 Å². The molecule has 0 amide bonds. The van der Waals surface area contributed by atoms with E-state index in [2.05, 4.69) is 126 Å². The van der Waals surface area contributed by atoms with Gasteiger partial charge < -0.3 is 8.83 Å².